The van der Waals surface area contributed by atoms with Crippen molar-refractivity contribution < 1.29 is 18.0 Å². The summed E-state index contributed by atoms with van der Waals surface area (Å²) < 4.78 is 38.4. The predicted octanol–water partition coefficient (Wildman–Crippen LogP) is 5.78. The lowest BCUT2D eigenvalue weighted by atomic mass is 10.0. The van der Waals surface area contributed by atoms with Crippen molar-refractivity contribution in [3.05, 3.63) is 95.1 Å². The molecule has 0 aromatic heterocycles. The molecule has 1 N–H and O–H groups in total. The molecular weight excluding hydrogens is 465 g/mol. The number of alkyl halides is 3. The number of nitrogens with one attached hydrogen (secondary N) is 1. The van der Waals surface area contributed by atoms with Crippen LogP contribution in [0.4, 0.5) is 24.5 Å². The molecule has 1 saturated heterocycles. The molecule has 1 unspecified atom stereocenters. The van der Waals surface area contributed by atoms with Gasteiger partial charge in [0.05, 0.1) is 23.2 Å². The zero-order chi connectivity index (χ0) is 25.7. The Hall–Kier alpha value is -3.99. The van der Waals surface area contributed by atoms with Gasteiger partial charge in [-0.2, -0.15) is 18.4 Å². The van der Waals surface area contributed by atoms with Crippen molar-refractivity contribution in [1.82, 2.24) is 5.32 Å². The minimum absolute atomic E-state index is 0.191. The number of piperazine rings is 1. The van der Waals surface area contributed by atoms with E-state index in [9.17, 15) is 18.0 Å². The largest absolute Gasteiger partial charge is 0.416 e. The van der Waals surface area contributed by atoms with Gasteiger partial charge in [-0.25, -0.2) is 0 Å². The second-order valence-electron chi connectivity index (χ2n) is 8.74. The Morgan fingerprint density at radius 2 is 1.56 bits per heavy atom. The monoisotopic (exact) mass is 492 g/mol. The first-order valence-electron chi connectivity index (χ1n) is 11.9. The third-order valence-electron chi connectivity index (χ3n) is 6.47. The molecule has 1 fully saturated rings. The Balaban J connectivity index is 1.40. The number of amides is 1. The van der Waals surface area contributed by atoms with Crippen molar-refractivity contribution in [1.29, 1.82) is 5.26 Å². The van der Waals surface area contributed by atoms with E-state index in [0.717, 1.165) is 55.2 Å². The van der Waals surface area contributed by atoms with Crippen molar-refractivity contribution in [2.24, 2.45) is 0 Å². The minimum atomic E-state index is -4.44. The van der Waals surface area contributed by atoms with Crippen LogP contribution in [-0.4, -0.2) is 32.1 Å². The zero-order valence-electron chi connectivity index (χ0n) is 19.9. The molecule has 0 saturated carbocycles. The first kappa shape index (κ1) is 25.1. The summed E-state index contributed by atoms with van der Waals surface area (Å²) in [5.41, 5.74) is 3.16. The normalized spacial score (nSPS) is 14.8. The van der Waals surface area contributed by atoms with E-state index in [1.54, 1.807) is 0 Å². The van der Waals surface area contributed by atoms with Crippen molar-refractivity contribution in [3.63, 3.8) is 0 Å². The van der Waals surface area contributed by atoms with Gasteiger partial charge >= 0.3 is 6.18 Å². The number of carbonyl (C=O) groups excluding carboxylic acids is 1. The molecule has 3 aromatic carbocycles. The fraction of sp³-hybridized carbons (Fsp3) is 0.286. The van der Waals surface area contributed by atoms with Gasteiger partial charge in [-0.15, -0.1) is 0 Å². The lowest BCUT2D eigenvalue weighted by molar-refractivity contribution is -0.137. The Labute approximate surface area is 208 Å². The summed E-state index contributed by atoms with van der Waals surface area (Å²) in [4.78, 5) is 17.3. The molecule has 1 atom stereocenters. The van der Waals surface area contributed by atoms with Gasteiger partial charge in [-0.3, -0.25) is 4.79 Å². The highest BCUT2D eigenvalue weighted by Crippen LogP contribution is 2.29. The average Bonchev–Trinajstić information content (AvgIpc) is 2.91. The fourth-order valence-corrected chi connectivity index (χ4v) is 4.38. The number of hydrogen-bond donors (Lipinski definition) is 1. The fourth-order valence-electron chi connectivity index (χ4n) is 4.38. The number of nitriles is 1. The molecule has 3 aromatic rings. The summed E-state index contributed by atoms with van der Waals surface area (Å²) in [7, 11) is 0. The number of rotatable bonds is 6. The van der Waals surface area contributed by atoms with Gasteiger partial charge in [-0.1, -0.05) is 19.1 Å². The van der Waals surface area contributed by atoms with Gasteiger partial charge < -0.3 is 15.1 Å². The highest BCUT2D eigenvalue weighted by molar-refractivity contribution is 5.94. The number of halogens is 3. The van der Waals surface area contributed by atoms with Crippen molar-refractivity contribution in [2.75, 3.05) is 36.0 Å². The van der Waals surface area contributed by atoms with Gasteiger partial charge in [0.2, 0.25) is 0 Å². The first-order valence-corrected chi connectivity index (χ1v) is 11.9. The SMILES string of the molecule is CCC(NC(=O)c1ccc(C(F)(F)F)cc1)c1cccc(N2CCN(c3ccc(C#N)cc3)CC2)c1. The van der Waals surface area contributed by atoms with Crippen LogP contribution >= 0.6 is 0 Å². The summed E-state index contributed by atoms with van der Waals surface area (Å²) in [5.74, 6) is -0.406. The zero-order valence-corrected chi connectivity index (χ0v) is 19.9. The average molecular weight is 493 g/mol. The molecule has 1 heterocycles. The van der Waals surface area contributed by atoms with Crippen molar-refractivity contribution in [2.45, 2.75) is 25.6 Å². The number of nitrogens with zero attached hydrogens (tertiary/aromatic N) is 3. The Bertz CT molecular complexity index is 1230. The summed E-state index contributed by atoms with van der Waals surface area (Å²) in [6.07, 6.45) is -3.79. The highest BCUT2D eigenvalue weighted by atomic mass is 19.4. The van der Waals surface area contributed by atoms with E-state index in [4.69, 9.17) is 5.26 Å². The van der Waals surface area contributed by atoms with Gasteiger partial charge in [0.25, 0.3) is 5.91 Å². The van der Waals surface area contributed by atoms with Crippen LogP contribution in [-0.2, 0) is 6.18 Å². The van der Waals surface area contributed by atoms with Crippen LogP contribution in [0.3, 0.4) is 0 Å². The van der Waals surface area contributed by atoms with Gasteiger partial charge in [0.15, 0.2) is 0 Å². The highest BCUT2D eigenvalue weighted by Gasteiger charge is 2.30. The molecule has 36 heavy (non-hydrogen) atoms. The maximum absolute atomic E-state index is 12.8. The Kier molecular flexibility index (Phi) is 7.49. The third-order valence-corrected chi connectivity index (χ3v) is 6.47. The standard InChI is InChI=1S/C28H27F3N4O/c1-2-26(33-27(36)21-8-10-23(11-9-21)28(29,30)31)22-4-3-5-25(18-22)35-16-14-34(15-17-35)24-12-6-20(19-32)7-13-24/h3-13,18,26H,2,14-17H2,1H3,(H,33,36). The molecule has 0 radical (unpaired) electrons. The van der Waals surface area contributed by atoms with E-state index in [0.29, 0.717) is 12.0 Å². The Morgan fingerprint density at radius 1 is 0.944 bits per heavy atom. The summed E-state index contributed by atoms with van der Waals surface area (Å²) in [5, 5.41) is 11.9. The lowest BCUT2D eigenvalue weighted by Gasteiger charge is -2.37. The van der Waals surface area contributed by atoms with Crippen LogP contribution < -0.4 is 15.1 Å². The van der Waals surface area contributed by atoms with Crippen LogP contribution in [0.2, 0.25) is 0 Å². The van der Waals surface area contributed by atoms with Crippen molar-refractivity contribution in [3.8, 4) is 6.07 Å². The first-order chi connectivity index (χ1) is 17.3. The molecule has 1 aliphatic heterocycles. The van der Waals surface area contributed by atoms with E-state index in [1.165, 1.54) is 12.1 Å². The molecule has 1 amide bonds. The maximum Gasteiger partial charge on any atom is 0.416 e. The molecule has 186 valence electrons. The summed E-state index contributed by atoms with van der Waals surface area (Å²) in [6.45, 7) is 5.31. The third kappa shape index (κ3) is 5.80. The molecule has 0 spiro atoms. The van der Waals surface area contributed by atoms with Gasteiger partial charge in [-0.05, 0) is 72.6 Å². The number of benzene rings is 3. The molecule has 4 rings (SSSR count). The van der Waals surface area contributed by atoms with Gasteiger partial charge in [0, 0.05) is 43.1 Å². The van der Waals surface area contributed by atoms with Crippen LogP contribution in [0.15, 0.2) is 72.8 Å². The molecule has 5 nitrogen and oxygen atoms in total. The smallest absolute Gasteiger partial charge is 0.368 e. The quantitative estimate of drug-likeness (QED) is 0.474. The van der Waals surface area contributed by atoms with Crippen LogP contribution in [0.1, 0.15) is 46.4 Å². The maximum atomic E-state index is 12.8. The molecular formula is C28H27F3N4O. The summed E-state index contributed by atoms with van der Waals surface area (Å²) in [6, 6.07) is 21.8. The second-order valence-corrected chi connectivity index (χ2v) is 8.74. The van der Waals surface area contributed by atoms with E-state index < -0.39 is 17.6 Å². The predicted molar refractivity (Wildman–Crippen MR) is 134 cm³/mol. The molecule has 0 aliphatic carbocycles. The molecule has 0 bridgehead atoms. The van der Waals surface area contributed by atoms with Crippen molar-refractivity contribution >= 4 is 17.3 Å². The molecule has 1 aliphatic rings. The topological polar surface area (TPSA) is 59.4 Å². The van der Waals surface area contributed by atoms with Crippen LogP contribution in [0.5, 0.6) is 0 Å². The van der Waals surface area contributed by atoms with E-state index >= 15 is 0 Å². The van der Waals surface area contributed by atoms with Gasteiger partial charge in [0.1, 0.15) is 0 Å². The van der Waals surface area contributed by atoms with E-state index in [1.807, 2.05) is 49.4 Å². The van der Waals surface area contributed by atoms with Crippen LogP contribution in [0.25, 0.3) is 0 Å². The number of anilines is 2. The minimum Gasteiger partial charge on any atom is -0.368 e. The number of hydrogen-bond acceptors (Lipinski definition) is 4. The Morgan fingerprint density at radius 3 is 2.11 bits per heavy atom. The van der Waals surface area contributed by atoms with E-state index in [-0.39, 0.29) is 11.6 Å². The summed E-state index contributed by atoms with van der Waals surface area (Å²) >= 11 is 0. The van der Waals surface area contributed by atoms with Crippen LogP contribution in [0, 0.1) is 11.3 Å². The molecule has 8 heteroatoms. The van der Waals surface area contributed by atoms with E-state index in [2.05, 4.69) is 27.3 Å². The lowest BCUT2D eigenvalue weighted by Crippen LogP contribution is -2.46. The number of carbonyl (C=O) groups is 1. The second kappa shape index (κ2) is 10.7.